The zero-order valence-corrected chi connectivity index (χ0v) is 16.9. The molecule has 9 unspecified atom stereocenters. The molecule has 0 aliphatic carbocycles. The molecule has 4 aliphatic rings. The van der Waals surface area contributed by atoms with Crippen molar-refractivity contribution in [3.8, 4) is 0 Å². The molecule has 0 aromatic carbocycles. The summed E-state index contributed by atoms with van der Waals surface area (Å²) in [5.74, 6) is 0.166. The van der Waals surface area contributed by atoms with Crippen LogP contribution in [-0.2, 0) is 9.53 Å². The lowest BCUT2D eigenvalue weighted by Crippen LogP contribution is -2.57. The zero-order chi connectivity index (χ0) is 20.7. The molecule has 3 fully saturated rings. The third kappa shape index (κ3) is 4.18. The predicted molar refractivity (Wildman–Crippen MR) is 103 cm³/mol. The van der Waals surface area contributed by atoms with Crippen LogP contribution in [0.4, 0.5) is 13.2 Å². The number of aliphatic imine (C=N–C) groups is 1. The Morgan fingerprint density at radius 2 is 2.07 bits per heavy atom. The van der Waals surface area contributed by atoms with Gasteiger partial charge in [-0.05, 0) is 38.6 Å². The molecule has 2 N–H and O–H groups in total. The minimum absolute atomic E-state index is 0.00125. The Morgan fingerprint density at radius 1 is 1.28 bits per heavy atom. The van der Waals surface area contributed by atoms with Gasteiger partial charge < -0.3 is 15.0 Å². The van der Waals surface area contributed by atoms with Crippen molar-refractivity contribution >= 4 is 12.1 Å². The first-order valence-electron chi connectivity index (χ1n) is 10.7. The number of nitrogens with one attached hydrogen (secondary N) is 2. The molecule has 0 aromatic heterocycles. The summed E-state index contributed by atoms with van der Waals surface area (Å²) in [7, 11) is 0. The maximum absolute atomic E-state index is 13.9. The van der Waals surface area contributed by atoms with E-state index in [2.05, 4.69) is 22.5 Å². The molecule has 3 saturated heterocycles. The van der Waals surface area contributed by atoms with Gasteiger partial charge in [-0.15, -0.1) is 0 Å². The largest absolute Gasteiger partial charge is 0.345 e. The van der Waals surface area contributed by atoms with E-state index in [1.165, 1.54) is 0 Å². The molecule has 4 heterocycles. The molecule has 1 amide bonds. The number of halogens is 3. The van der Waals surface area contributed by atoms with E-state index in [-0.39, 0.29) is 54.4 Å². The average molecular weight is 416 g/mol. The minimum Gasteiger partial charge on any atom is -0.335 e. The molecule has 164 valence electrons. The number of ether oxygens (including phenoxy) is 1. The molecule has 29 heavy (non-hydrogen) atoms. The molecule has 0 aromatic rings. The van der Waals surface area contributed by atoms with E-state index in [0.717, 1.165) is 12.8 Å². The Kier molecular flexibility index (Phi) is 6.18. The number of amides is 1. The van der Waals surface area contributed by atoms with Gasteiger partial charge in [0.05, 0.1) is 18.6 Å². The molecule has 4 aliphatic heterocycles. The summed E-state index contributed by atoms with van der Waals surface area (Å²) < 4.78 is 43.8. The Hall–Kier alpha value is -1.19. The van der Waals surface area contributed by atoms with Gasteiger partial charge in [0.2, 0.25) is 5.91 Å². The van der Waals surface area contributed by atoms with Gasteiger partial charge in [0.1, 0.15) is 0 Å². The van der Waals surface area contributed by atoms with Crippen LogP contribution in [-0.4, -0.2) is 73.3 Å². The number of hydrogen-bond acceptors (Lipinski definition) is 5. The summed E-state index contributed by atoms with van der Waals surface area (Å²) >= 11 is 0. The summed E-state index contributed by atoms with van der Waals surface area (Å²) in [6.45, 7) is 2.18. The number of carbonyl (C=O) groups excluding carboxylic acids is 1. The number of likely N-dealkylation sites (tertiary alicyclic amines) is 1. The van der Waals surface area contributed by atoms with Gasteiger partial charge in [-0.2, -0.15) is 8.78 Å². The predicted octanol–water partition coefficient (Wildman–Crippen LogP) is 1.95. The van der Waals surface area contributed by atoms with Crippen LogP contribution in [0.2, 0.25) is 0 Å². The van der Waals surface area contributed by atoms with E-state index in [9.17, 15) is 18.0 Å². The van der Waals surface area contributed by atoms with Crippen molar-refractivity contribution in [2.45, 2.75) is 82.7 Å². The van der Waals surface area contributed by atoms with Crippen LogP contribution in [0.3, 0.4) is 0 Å². The molecule has 0 spiro atoms. The van der Waals surface area contributed by atoms with Gasteiger partial charge in [0, 0.05) is 42.7 Å². The van der Waals surface area contributed by atoms with Gasteiger partial charge in [-0.25, -0.2) is 4.39 Å². The molecule has 0 bridgehead atoms. The van der Waals surface area contributed by atoms with E-state index in [4.69, 9.17) is 4.74 Å². The van der Waals surface area contributed by atoms with E-state index in [1.54, 1.807) is 0 Å². The number of hydrogen-bond donors (Lipinski definition) is 2. The number of carbonyl (C=O) groups is 1. The highest BCUT2D eigenvalue weighted by molar-refractivity contribution is 5.83. The van der Waals surface area contributed by atoms with Crippen LogP contribution in [0, 0.1) is 17.8 Å². The molecule has 9 atom stereocenters. The van der Waals surface area contributed by atoms with E-state index >= 15 is 0 Å². The van der Waals surface area contributed by atoms with E-state index in [1.807, 2.05) is 18.0 Å². The number of rotatable bonds is 4. The summed E-state index contributed by atoms with van der Waals surface area (Å²) in [5.41, 5.74) is 0. The Bertz CT molecular complexity index is 637. The third-order valence-electron chi connectivity index (χ3n) is 7.20. The second-order valence-electron chi connectivity index (χ2n) is 9.06. The van der Waals surface area contributed by atoms with Crippen LogP contribution in [0.5, 0.6) is 0 Å². The van der Waals surface area contributed by atoms with Gasteiger partial charge in [-0.3, -0.25) is 15.1 Å². The van der Waals surface area contributed by atoms with Gasteiger partial charge in [0.25, 0.3) is 0 Å². The molecular weight excluding hydrogens is 385 g/mol. The van der Waals surface area contributed by atoms with Crippen molar-refractivity contribution in [1.82, 2.24) is 15.5 Å². The molecule has 0 saturated carbocycles. The van der Waals surface area contributed by atoms with Gasteiger partial charge in [0.15, 0.2) is 6.30 Å². The lowest BCUT2D eigenvalue weighted by Gasteiger charge is -2.42. The summed E-state index contributed by atoms with van der Waals surface area (Å²) in [6, 6.07) is -0.0567. The fourth-order valence-electron chi connectivity index (χ4n) is 5.88. The Morgan fingerprint density at radius 3 is 2.79 bits per heavy atom. The van der Waals surface area contributed by atoms with Gasteiger partial charge in [-0.1, -0.05) is 6.92 Å². The van der Waals surface area contributed by atoms with Gasteiger partial charge >= 0.3 is 6.61 Å². The quantitative estimate of drug-likeness (QED) is 0.688. The lowest BCUT2D eigenvalue weighted by atomic mass is 9.75. The fourth-order valence-corrected chi connectivity index (χ4v) is 5.88. The molecule has 6 nitrogen and oxygen atoms in total. The van der Waals surface area contributed by atoms with Crippen LogP contribution in [0.15, 0.2) is 4.99 Å². The second-order valence-corrected chi connectivity index (χ2v) is 9.06. The minimum atomic E-state index is -2.79. The van der Waals surface area contributed by atoms with Crippen molar-refractivity contribution in [3.63, 3.8) is 0 Å². The summed E-state index contributed by atoms with van der Waals surface area (Å²) in [4.78, 5) is 19.4. The number of alkyl halides is 3. The van der Waals surface area contributed by atoms with Crippen molar-refractivity contribution < 1.29 is 22.7 Å². The Balaban J connectivity index is 1.46. The third-order valence-corrected chi connectivity index (χ3v) is 7.20. The summed E-state index contributed by atoms with van der Waals surface area (Å²) in [6.07, 6.45) is 2.58. The highest BCUT2D eigenvalue weighted by Crippen LogP contribution is 2.41. The first-order chi connectivity index (χ1) is 13.8. The van der Waals surface area contributed by atoms with Crippen LogP contribution >= 0.6 is 0 Å². The molecule has 4 rings (SSSR count). The molecule has 9 heteroatoms. The zero-order valence-electron chi connectivity index (χ0n) is 16.9. The Labute approximate surface area is 169 Å². The first-order valence-corrected chi connectivity index (χ1v) is 10.7. The lowest BCUT2D eigenvalue weighted by molar-refractivity contribution is -0.164. The topological polar surface area (TPSA) is 66.0 Å². The number of nitrogens with zero attached hydrogens (tertiary/aromatic N) is 2. The van der Waals surface area contributed by atoms with Crippen molar-refractivity contribution in [2.75, 3.05) is 13.1 Å². The number of piperidine rings is 2. The van der Waals surface area contributed by atoms with Crippen molar-refractivity contribution in [3.05, 3.63) is 0 Å². The standard InChI is InChI=1S/C20H31F3N4O2/c1-10-5-15(12-6-14(9-24-8-12)29-20(22)23)26-18-11(2)27(19(28)17(10)18)13-3-4-25-16(21)7-13/h8,10-18,20,25-26H,3-7,9H2,1-2H3. The molecular formula is C20H31F3N4O2. The summed E-state index contributed by atoms with van der Waals surface area (Å²) in [5, 5.41) is 6.45. The van der Waals surface area contributed by atoms with Crippen LogP contribution in [0.1, 0.15) is 39.5 Å². The average Bonchev–Trinajstić information content (AvgIpc) is 2.92. The molecule has 0 radical (unpaired) electrons. The smallest absolute Gasteiger partial charge is 0.335 e. The number of fused-ring (bicyclic) bond motifs is 1. The second kappa shape index (κ2) is 8.51. The van der Waals surface area contributed by atoms with Crippen molar-refractivity contribution in [1.29, 1.82) is 0 Å². The first kappa shape index (κ1) is 21.1. The maximum atomic E-state index is 13.9. The monoisotopic (exact) mass is 416 g/mol. The van der Waals surface area contributed by atoms with Crippen molar-refractivity contribution in [2.24, 2.45) is 22.7 Å². The normalized spacial score (nSPS) is 45.7. The van der Waals surface area contributed by atoms with E-state index < -0.39 is 19.0 Å². The highest BCUT2D eigenvalue weighted by Gasteiger charge is 2.54. The van der Waals surface area contributed by atoms with Crippen LogP contribution < -0.4 is 10.6 Å². The SMILES string of the molecule is CC1CC(C2C=NCC(OC(F)F)C2)NC2C1C(=O)N(C1CCNC(F)C1)C2C. The highest BCUT2D eigenvalue weighted by atomic mass is 19.3. The fraction of sp³-hybridized carbons (Fsp3) is 0.900. The maximum Gasteiger partial charge on any atom is 0.345 e. The van der Waals surface area contributed by atoms with Crippen LogP contribution in [0.25, 0.3) is 0 Å². The van der Waals surface area contributed by atoms with E-state index in [0.29, 0.717) is 19.4 Å².